The van der Waals surface area contributed by atoms with Gasteiger partial charge in [-0.05, 0) is 30.0 Å². The molecule has 86 valence electrons. The van der Waals surface area contributed by atoms with Crippen molar-refractivity contribution in [2.75, 3.05) is 0 Å². The predicted octanol–water partition coefficient (Wildman–Crippen LogP) is 1.54. The molecule has 16 heavy (non-hydrogen) atoms. The second kappa shape index (κ2) is 4.78. The van der Waals surface area contributed by atoms with Gasteiger partial charge in [0.15, 0.2) is 0 Å². The maximum absolute atomic E-state index is 5.61. The van der Waals surface area contributed by atoms with Gasteiger partial charge in [-0.1, -0.05) is 0 Å². The van der Waals surface area contributed by atoms with Crippen molar-refractivity contribution in [3.05, 3.63) is 39.8 Å². The van der Waals surface area contributed by atoms with Gasteiger partial charge in [-0.2, -0.15) is 5.10 Å². The first-order valence-electron chi connectivity index (χ1n) is 5.19. The van der Waals surface area contributed by atoms with Crippen LogP contribution >= 0.6 is 11.3 Å². The van der Waals surface area contributed by atoms with Crippen LogP contribution in [-0.4, -0.2) is 9.78 Å². The molecule has 2 aromatic rings. The monoisotopic (exact) mass is 236 g/mol. The van der Waals surface area contributed by atoms with E-state index in [9.17, 15) is 0 Å². The highest BCUT2D eigenvalue weighted by atomic mass is 32.1. The summed E-state index contributed by atoms with van der Waals surface area (Å²) in [4.78, 5) is 1.29. The Labute approximate surface area is 99.1 Å². The van der Waals surface area contributed by atoms with E-state index in [1.54, 1.807) is 11.3 Å². The molecule has 5 heteroatoms. The molecule has 3 N–H and O–H groups in total. The molecule has 0 aliphatic rings. The average Bonchev–Trinajstić information content (AvgIpc) is 2.84. The van der Waals surface area contributed by atoms with Crippen LogP contribution in [0.3, 0.4) is 0 Å². The number of hydrogen-bond acceptors (Lipinski definition) is 4. The standard InChI is InChI=1S/C11H16N4S/c1-8-4-6-16-11(8)10(13-12)7-9-3-5-15(2)14-9/h3-6,10,13H,7,12H2,1-2H3. The Morgan fingerprint density at radius 2 is 2.38 bits per heavy atom. The number of nitrogens with zero attached hydrogens (tertiary/aromatic N) is 2. The summed E-state index contributed by atoms with van der Waals surface area (Å²) in [6, 6.07) is 4.28. The first kappa shape index (κ1) is 11.3. The van der Waals surface area contributed by atoms with Gasteiger partial charge in [-0.15, -0.1) is 11.3 Å². The van der Waals surface area contributed by atoms with Gasteiger partial charge in [0.1, 0.15) is 0 Å². The summed E-state index contributed by atoms with van der Waals surface area (Å²) in [6.45, 7) is 2.11. The summed E-state index contributed by atoms with van der Waals surface area (Å²) in [5, 5.41) is 6.45. The Kier molecular flexibility index (Phi) is 3.38. The van der Waals surface area contributed by atoms with Crippen LogP contribution in [0.4, 0.5) is 0 Å². The van der Waals surface area contributed by atoms with Crippen molar-refractivity contribution in [2.24, 2.45) is 12.9 Å². The van der Waals surface area contributed by atoms with Crippen molar-refractivity contribution in [3.8, 4) is 0 Å². The molecule has 0 saturated carbocycles. The number of hydrogen-bond donors (Lipinski definition) is 2. The van der Waals surface area contributed by atoms with Crippen molar-refractivity contribution in [2.45, 2.75) is 19.4 Å². The van der Waals surface area contributed by atoms with Gasteiger partial charge in [0.2, 0.25) is 0 Å². The van der Waals surface area contributed by atoms with E-state index >= 15 is 0 Å². The number of aromatic nitrogens is 2. The summed E-state index contributed by atoms with van der Waals surface area (Å²) in [7, 11) is 1.92. The number of thiophene rings is 1. The quantitative estimate of drug-likeness (QED) is 0.625. The summed E-state index contributed by atoms with van der Waals surface area (Å²) in [6.07, 6.45) is 2.77. The maximum atomic E-state index is 5.61. The first-order valence-corrected chi connectivity index (χ1v) is 6.07. The Morgan fingerprint density at radius 1 is 1.56 bits per heavy atom. The number of nitrogens with two attached hydrogens (primary N) is 1. The molecule has 4 nitrogen and oxygen atoms in total. The van der Waals surface area contributed by atoms with Crippen molar-refractivity contribution >= 4 is 11.3 Å². The van der Waals surface area contributed by atoms with Crippen LogP contribution < -0.4 is 11.3 Å². The molecule has 1 unspecified atom stereocenters. The normalized spacial score (nSPS) is 12.9. The lowest BCUT2D eigenvalue weighted by Crippen LogP contribution is -2.29. The molecule has 2 aromatic heterocycles. The molecular weight excluding hydrogens is 220 g/mol. The Balaban J connectivity index is 2.15. The van der Waals surface area contributed by atoms with E-state index < -0.39 is 0 Å². The second-order valence-corrected chi connectivity index (χ2v) is 4.82. The zero-order valence-electron chi connectivity index (χ0n) is 9.47. The lowest BCUT2D eigenvalue weighted by atomic mass is 10.1. The fourth-order valence-corrected chi connectivity index (χ4v) is 2.74. The third kappa shape index (κ3) is 2.32. The Morgan fingerprint density at radius 3 is 2.88 bits per heavy atom. The molecule has 0 bridgehead atoms. The molecule has 0 aliphatic carbocycles. The molecule has 2 rings (SSSR count). The van der Waals surface area contributed by atoms with Gasteiger partial charge >= 0.3 is 0 Å². The minimum atomic E-state index is 0.148. The van der Waals surface area contributed by atoms with Crippen LogP contribution in [0, 0.1) is 6.92 Å². The Hall–Kier alpha value is -1.17. The molecule has 0 fully saturated rings. The lowest BCUT2D eigenvalue weighted by Gasteiger charge is -2.14. The topological polar surface area (TPSA) is 55.9 Å². The van der Waals surface area contributed by atoms with Crippen LogP contribution in [0.25, 0.3) is 0 Å². The predicted molar refractivity (Wildman–Crippen MR) is 66.0 cm³/mol. The highest BCUT2D eigenvalue weighted by Gasteiger charge is 2.15. The minimum absolute atomic E-state index is 0.148. The van der Waals surface area contributed by atoms with E-state index in [4.69, 9.17) is 5.84 Å². The van der Waals surface area contributed by atoms with Crippen LogP contribution in [0.5, 0.6) is 0 Å². The zero-order valence-corrected chi connectivity index (χ0v) is 10.3. The first-order chi connectivity index (χ1) is 7.70. The van der Waals surface area contributed by atoms with Crippen LogP contribution in [-0.2, 0) is 13.5 Å². The molecule has 0 aliphatic heterocycles. The molecular formula is C11H16N4S. The van der Waals surface area contributed by atoms with Gasteiger partial charge in [0.05, 0.1) is 11.7 Å². The van der Waals surface area contributed by atoms with Crippen molar-refractivity contribution in [1.29, 1.82) is 0 Å². The number of hydrazine groups is 1. The van der Waals surface area contributed by atoms with Crippen LogP contribution in [0.2, 0.25) is 0 Å². The fourth-order valence-electron chi connectivity index (χ4n) is 1.75. The van der Waals surface area contributed by atoms with Gasteiger partial charge in [-0.25, -0.2) is 0 Å². The summed E-state index contributed by atoms with van der Waals surface area (Å²) >= 11 is 1.73. The maximum Gasteiger partial charge on any atom is 0.0644 e. The fraction of sp³-hybridized carbons (Fsp3) is 0.364. The highest BCUT2D eigenvalue weighted by Crippen LogP contribution is 2.25. The van der Waals surface area contributed by atoms with Gasteiger partial charge in [-0.3, -0.25) is 16.0 Å². The third-order valence-electron chi connectivity index (χ3n) is 2.60. The van der Waals surface area contributed by atoms with E-state index in [0.29, 0.717) is 0 Å². The number of nitrogens with one attached hydrogen (secondary N) is 1. The van der Waals surface area contributed by atoms with Gasteiger partial charge in [0.25, 0.3) is 0 Å². The molecule has 0 radical (unpaired) electrons. The summed E-state index contributed by atoms with van der Waals surface area (Å²) in [5.74, 6) is 5.61. The van der Waals surface area contributed by atoms with E-state index in [2.05, 4.69) is 28.9 Å². The van der Waals surface area contributed by atoms with Gasteiger partial charge < -0.3 is 0 Å². The van der Waals surface area contributed by atoms with E-state index in [1.165, 1.54) is 10.4 Å². The zero-order chi connectivity index (χ0) is 11.5. The highest BCUT2D eigenvalue weighted by molar-refractivity contribution is 7.10. The average molecular weight is 236 g/mol. The van der Waals surface area contributed by atoms with Crippen molar-refractivity contribution < 1.29 is 0 Å². The van der Waals surface area contributed by atoms with Crippen molar-refractivity contribution in [1.82, 2.24) is 15.2 Å². The molecule has 0 amide bonds. The molecule has 2 heterocycles. The Bertz CT molecular complexity index is 460. The molecule has 0 saturated heterocycles. The van der Waals surface area contributed by atoms with E-state index in [-0.39, 0.29) is 6.04 Å². The van der Waals surface area contributed by atoms with Crippen LogP contribution in [0.15, 0.2) is 23.7 Å². The third-order valence-corrected chi connectivity index (χ3v) is 3.73. The van der Waals surface area contributed by atoms with Crippen LogP contribution in [0.1, 0.15) is 22.2 Å². The lowest BCUT2D eigenvalue weighted by molar-refractivity contribution is 0.547. The SMILES string of the molecule is Cc1ccsc1C(Cc1ccn(C)n1)NN. The molecule has 0 spiro atoms. The van der Waals surface area contributed by atoms with E-state index in [1.807, 2.05) is 24.0 Å². The minimum Gasteiger partial charge on any atom is -0.276 e. The summed E-state index contributed by atoms with van der Waals surface area (Å²) < 4.78 is 1.81. The van der Waals surface area contributed by atoms with E-state index in [0.717, 1.165) is 12.1 Å². The molecule has 1 atom stereocenters. The van der Waals surface area contributed by atoms with Gasteiger partial charge in [0, 0.05) is 24.5 Å². The van der Waals surface area contributed by atoms with Crippen molar-refractivity contribution in [3.63, 3.8) is 0 Å². The smallest absolute Gasteiger partial charge is 0.0644 e. The largest absolute Gasteiger partial charge is 0.276 e. The molecule has 0 aromatic carbocycles. The number of aryl methyl sites for hydroxylation is 2. The second-order valence-electron chi connectivity index (χ2n) is 3.87. The number of rotatable bonds is 4. The summed E-state index contributed by atoms with van der Waals surface area (Å²) in [5.41, 5.74) is 5.20.